The minimum Gasteiger partial charge on any atom is -0.399 e. The summed E-state index contributed by atoms with van der Waals surface area (Å²) in [4.78, 5) is 13.7. The second-order valence-electron chi connectivity index (χ2n) is 4.31. The van der Waals surface area contributed by atoms with Crippen LogP contribution >= 0.6 is 0 Å². The van der Waals surface area contributed by atoms with Gasteiger partial charge < -0.3 is 10.6 Å². The largest absolute Gasteiger partial charge is 0.399 e. The van der Waals surface area contributed by atoms with Crippen molar-refractivity contribution in [3.63, 3.8) is 0 Å². The highest BCUT2D eigenvalue weighted by Gasteiger charge is 2.07. The minimum absolute atomic E-state index is 0.00248. The molecule has 0 fully saturated rings. The number of nitrogens with two attached hydrogens (primary N) is 1. The van der Waals surface area contributed by atoms with Gasteiger partial charge in [-0.2, -0.15) is 0 Å². The van der Waals surface area contributed by atoms with Crippen LogP contribution in [0.25, 0.3) is 6.08 Å². The van der Waals surface area contributed by atoms with Crippen molar-refractivity contribution in [1.82, 2.24) is 4.90 Å². The smallest absolute Gasteiger partial charge is 0.246 e. The molecule has 0 bridgehead atoms. The highest BCUT2D eigenvalue weighted by Crippen LogP contribution is 2.07. The molecule has 0 aromatic heterocycles. The fourth-order valence-electron chi connectivity index (χ4n) is 1.55. The van der Waals surface area contributed by atoms with Gasteiger partial charge in [-0.15, -0.1) is 0 Å². The molecule has 0 saturated carbocycles. The topological polar surface area (TPSA) is 46.3 Å². The predicted molar refractivity (Wildman–Crippen MR) is 77.0 cm³/mol. The number of carbonyl (C=O) groups is 1. The summed E-state index contributed by atoms with van der Waals surface area (Å²) in [5, 5.41) is 0. The maximum Gasteiger partial charge on any atom is 0.246 e. The van der Waals surface area contributed by atoms with Crippen molar-refractivity contribution >= 4 is 17.7 Å². The van der Waals surface area contributed by atoms with Crippen LogP contribution in [0.3, 0.4) is 0 Å². The van der Waals surface area contributed by atoms with E-state index in [-0.39, 0.29) is 5.91 Å². The van der Waals surface area contributed by atoms with Gasteiger partial charge in [0.2, 0.25) is 5.91 Å². The first kappa shape index (κ1) is 14.0. The summed E-state index contributed by atoms with van der Waals surface area (Å²) in [5.41, 5.74) is 8.26. The molecular weight excluding hydrogens is 224 g/mol. The summed E-state index contributed by atoms with van der Waals surface area (Å²) in [6.07, 6.45) is 3.38. The number of hydrogen-bond donors (Lipinski definition) is 1. The third-order valence-corrected chi connectivity index (χ3v) is 2.51. The predicted octanol–water partition coefficient (Wildman–Crippen LogP) is 2.71. The Balaban J connectivity index is 2.67. The summed E-state index contributed by atoms with van der Waals surface area (Å²) in [6.45, 7) is 8.97. The van der Waals surface area contributed by atoms with Gasteiger partial charge in [0.05, 0.1) is 0 Å². The van der Waals surface area contributed by atoms with Crippen molar-refractivity contribution in [2.45, 2.75) is 13.8 Å². The number of likely N-dealkylation sites (N-methyl/N-ethyl adjacent to an activating group) is 1. The molecule has 0 unspecified atom stereocenters. The molecule has 0 heterocycles. The Hall–Kier alpha value is -2.03. The molecule has 3 nitrogen and oxygen atoms in total. The van der Waals surface area contributed by atoms with E-state index in [0.717, 1.165) is 16.8 Å². The summed E-state index contributed by atoms with van der Waals surface area (Å²) in [6, 6.07) is 7.40. The van der Waals surface area contributed by atoms with Crippen molar-refractivity contribution < 1.29 is 4.79 Å². The second-order valence-corrected chi connectivity index (χ2v) is 4.31. The van der Waals surface area contributed by atoms with Gasteiger partial charge in [-0.3, -0.25) is 4.79 Å². The van der Waals surface area contributed by atoms with Gasteiger partial charge in [0, 0.05) is 24.9 Å². The fraction of sp³-hybridized carbons (Fsp3) is 0.267. The lowest BCUT2D eigenvalue weighted by molar-refractivity contribution is -0.125. The Bertz CT molecular complexity index is 446. The van der Waals surface area contributed by atoms with E-state index in [1.54, 1.807) is 17.1 Å². The maximum absolute atomic E-state index is 11.9. The highest BCUT2D eigenvalue weighted by molar-refractivity contribution is 5.91. The lowest BCUT2D eigenvalue weighted by atomic mass is 10.2. The highest BCUT2D eigenvalue weighted by atomic mass is 16.2. The standard InChI is InChI=1S/C15H20N2O/c1-4-17(11-12(2)3)15(18)10-7-13-5-8-14(16)9-6-13/h5-10H,2,4,11,16H2,1,3H3/b10-7+. The number of nitrogen functional groups attached to an aromatic ring is 1. The first-order chi connectivity index (χ1) is 8.52. The first-order valence-corrected chi connectivity index (χ1v) is 6.00. The van der Waals surface area contributed by atoms with Crippen molar-refractivity contribution in [2.24, 2.45) is 0 Å². The molecule has 2 N–H and O–H groups in total. The van der Waals surface area contributed by atoms with Gasteiger partial charge in [0.15, 0.2) is 0 Å². The molecule has 1 amide bonds. The average molecular weight is 244 g/mol. The van der Waals surface area contributed by atoms with E-state index < -0.39 is 0 Å². The normalized spacial score (nSPS) is 10.6. The molecule has 0 atom stereocenters. The van der Waals surface area contributed by atoms with Crippen LogP contribution in [0.5, 0.6) is 0 Å². The number of nitrogens with zero attached hydrogens (tertiary/aromatic N) is 1. The number of benzene rings is 1. The first-order valence-electron chi connectivity index (χ1n) is 6.00. The lowest BCUT2D eigenvalue weighted by Crippen LogP contribution is -2.30. The molecule has 1 aromatic rings. The number of carbonyl (C=O) groups excluding carboxylic acids is 1. The second kappa shape index (κ2) is 6.64. The Kier molecular flexibility index (Phi) is 5.18. The monoisotopic (exact) mass is 244 g/mol. The van der Waals surface area contributed by atoms with E-state index >= 15 is 0 Å². The molecule has 0 aliphatic carbocycles. The molecule has 3 heteroatoms. The third kappa shape index (κ3) is 4.45. The SMILES string of the molecule is C=C(C)CN(CC)C(=O)/C=C/c1ccc(N)cc1. The zero-order valence-electron chi connectivity index (χ0n) is 11.0. The Labute approximate surface area is 109 Å². The van der Waals surface area contributed by atoms with E-state index in [1.807, 2.05) is 38.1 Å². The number of anilines is 1. The molecule has 0 saturated heterocycles. The molecule has 0 aliphatic heterocycles. The van der Waals surface area contributed by atoms with Gasteiger partial charge in [-0.25, -0.2) is 0 Å². The molecule has 96 valence electrons. The molecule has 18 heavy (non-hydrogen) atoms. The van der Waals surface area contributed by atoms with Crippen molar-refractivity contribution in [3.05, 3.63) is 48.1 Å². The maximum atomic E-state index is 11.9. The van der Waals surface area contributed by atoms with Gasteiger partial charge in [-0.05, 0) is 37.6 Å². The third-order valence-electron chi connectivity index (χ3n) is 2.51. The van der Waals surface area contributed by atoms with Crippen LogP contribution in [0.15, 0.2) is 42.5 Å². The van der Waals surface area contributed by atoms with Crippen molar-refractivity contribution in [1.29, 1.82) is 0 Å². The van der Waals surface area contributed by atoms with Crippen molar-refractivity contribution in [2.75, 3.05) is 18.8 Å². The lowest BCUT2D eigenvalue weighted by Gasteiger charge is -2.18. The van der Waals surface area contributed by atoms with Crippen LogP contribution in [0.4, 0.5) is 5.69 Å². The van der Waals surface area contributed by atoms with Gasteiger partial charge in [0.25, 0.3) is 0 Å². The van der Waals surface area contributed by atoms with E-state index in [4.69, 9.17) is 5.73 Å². The average Bonchev–Trinajstić information content (AvgIpc) is 2.34. The van der Waals surface area contributed by atoms with Crippen LogP contribution in [0.1, 0.15) is 19.4 Å². The van der Waals surface area contributed by atoms with Gasteiger partial charge >= 0.3 is 0 Å². The summed E-state index contributed by atoms with van der Waals surface area (Å²) >= 11 is 0. The molecular formula is C15H20N2O. The van der Waals surface area contributed by atoms with Crippen LogP contribution < -0.4 is 5.73 Å². The van der Waals surface area contributed by atoms with E-state index in [0.29, 0.717) is 13.1 Å². The Morgan fingerprint density at radius 1 is 1.39 bits per heavy atom. The molecule has 1 aromatic carbocycles. The van der Waals surface area contributed by atoms with Crippen molar-refractivity contribution in [3.8, 4) is 0 Å². The van der Waals surface area contributed by atoms with Gasteiger partial charge in [0.1, 0.15) is 0 Å². The quantitative estimate of drug-likeness (QED) is 0.492. The summed E-state index contributed by atoms with van der Waals surface area (Å²) < 4.78 is 0. The minimum atomic E-state index is -0.00248. The van der Waals surface area contributed by atoms with Crippen LogP contribution in [0.2, 0.25) is 0 Å². The van der Waals surface area contributed by atoms with E-state index in [2.05, 4.69) is 6.58 Å². The van der Waals surface area contributed by atoms with E-state index in [1.165, 1.54) is 0 Å². The van der Waals surface area contributed by atoms with E-state index in [9.17, 15) is 4.79 Å². The summed E-state index contributed by atoms with van der Waals surface area (Å²) in [7, 11) is 0. The summed E-state index contributed by atoms with van der Waals surface area (Å²) in [5.74, 6) is -0.00248. The number of rotatable bonds is 5. The Morgan fingerprint density at radius 3 is 2.50 bits per heavy atom. The molecule has 1 rings (SSSR count). The van der Waals surface area contributed by atoms with Crippen LogP contribution in [0, 0.1) is 0 Å². The zero-order valence-corrected chi connectivity index (χ0v) is 11.0. The van der Waals surface area contributed by atoms with Crippen LogP contribution in [-0.2, 0) is 4.79 Å². The number of hydrogen-bond acceptors (Lipinski definition) is 2. The molecule has 0 radical (unpaired) electrons. The molecule has 0 aliphatic rings. The number of amides is 1. The fourth-order valence-corrected chi connectivity index (χ4v) is 1.55. The van der Waals surface area contributed by atoms with Crippen LogP contribution in [-0.4, -0.2) is 23.9 Å². The van der Waals surface area contributed by atoms with Gasteiger partial charge in [-0.1, -0.05) is 24.3 Å². The molecule has 0 spiro atoms. The Morgan fingerprint density at radius 2 is 2.00 bits per heavy atom. The zero-order chi connectivity index (χ0) is 13.5.